The second-order valence-electron chi connectivity index (χ2n) is 6.15. The van der Waals surface area contributed by atoms with Crippen molar-refractivity contribution < 1.29 is 18.3 Å². The van der Waals surface area contributed by atoms with Crippen molar-refractivity contribution in [2.45, 2.75) is 19.5 Å². The molecule has 0 atom stereocenters. The van der Waals surface area contributed by atoms with Gasteiger partial charge in [-0.25, -0.2) is 0 Å². The minimum Gasteiger partial charge on any atom is -0.433 e. The van der Waals surface area contributed by atoms with E-state index in [0.29, 0.717) is 17.8 Å². The Bertz CT molecular complexity index is 778. The maximum Gasteiger partial charge on any atom is 0.387 e. The molecule has 1 aliphatic rings. The number of hydrogen-bond acceptors (Lipinski definition) is 3. The smallest absolute Gasteiger partial charge is 0.387 e. The molecule has 2 aromatic carbocycles. The van der Waals surface area contributed by atoms with Gasteiger partial charge in [-0.15, -0.1) is 0 Å². The molecule has 3 rings (SSSR count). The quantitative estimate of drug-likeness (QED) is 0.840. The van der Waals surface area contributed by atoms with Crippen molar-refractivity contribution in [1.29, 1.82) is 0 Å². The topological polar surface area (TPSA) is 32.8 Å². The number of ether oxygens (including phenoxy) is 1. The summed E-state index contributed by atoms with van der Waals surface area (Å²) >= 11 is 0. The number of carbonyl (C=O) groups is 1. The van der Waals surface area contributed by atoms with Crippen LogP contribution < -0.4 is 14.5 Å². The van der Waals surface area contributed by atoms with E-state index in [1.807, 2.05) is 37.2 Å². The minimum absolute atomic E-state index is 0.0457. The van der Waals surface area contributed by atoms with Crippen LogP contribution in [0.15, 0.2) is 42.5 Å². The molecule has 25 heavy (non-hydrogen) atoms. The summed E-state index contributed by atoms with van der Waals surface area (Å²) in [5.41, 5.74) is 2.72. The first-order valence-corrected chi connectivity index (χ1v) is 8.13. The summed E-state index contributed by atoms with van der Waals surface area (Å²) in [4.78, 5) is 16.5. The number of fused-ring (bicyclic) bond motifs is 1. The second-order valence-corrected chi connectivity index (χ2v) is 6.15. The molecule has 0 aliphatic carbocycles. The Balaban J connectivity index is 2.00. The van der Waals surface area contributed by atoms with Crippen molar-refractivity contribution in [3.63, 3.8) is 0 Å². The molecule has 0 radical (unpaired) electrons. The van der Waals surface area contributed by atoms with E-state index in [0.717, 1.165) is 24.1 Å². The lowest BCUT2D eigenvalue weighted by molar-refractivity contribution is -0.0495. The number of amides is 1. The van der Waals surface area contributed by atoms with E-state index < -0.39 is 6.61 Å². The molecule has 0 bridgehead atoms. The van der Waals surface area contributed by atoms with Crippen LogP contribution in [0, 0.1) is 0 Å². The number of aryl methyl sites for hydroxylation is 1. The Hall–Kier alpha value is -2.63. The van der Waals surface area contributed by atoms with Gasteiger partial charge in [-0.3, -0.25) is 4.79 Å². The number of hydrogen-bond donors (Lipinski definition) is 0. The van der Waals surface area contributed by atoms with Crippen LogP contribution in [0.1, 0.15) is 22.3 Å². The molecule has 6 heteroatoms. The number of rotatable bonds is 4. The van der Waals surface area contributed by atoms with E-state index >= 15 is 0 Å². The van der Waals surface area contributed by atoms with Gasteiger partial charge in [0.05, 0.1) is 5.69 Å². The minimum atomic E-state index is -2.93. The average molecular weight is 346 g/mol. The van der Waals surface area contributed by atoms with Crippen LogP contribution >= 0.6 is 0 Å². The Morgan fingerprint density at radius 2 is 1.96 bits per heavy atom. The number of alkyl halides is 2. The first-order valence-electron chi connectivity index (χ1n) is 8.13. The lowest BCUT2D eigenvalue weighted by Crippen LogP contribution is -2.36. The van der Waals surface area contributed by atoms with Crippen LogP contribution in [0.4, 0.5) is 20.2 Å². The van der Waals surface area contributed by atoms with E-state index in [4.69, 9.17) is 0 Å². The van der Waals surface area contributed by atoms with E-state index in [1.165, 1.54) is 6.07 Å². The molecular weight excluding hydrogens is 326 g/mol. The standard InChI is InChI=1S/C19H20F2N2O2/c1-22(2)15-9-3-7-14(12-15)18(24)23-11-5-8-13-6-4-10-16(17(13)23)25-19(20)21/h3-4,6-7,9-10,12,19H,5,8,11H2,1-2H3. The highest BCUT2D eigenvalue weighted by molar-refractivity contribution is 6.08. The largest absolute Gasteiger partial charge is 0.433 e. The fourth-order valence-corrected chi connectivity index (χ4v) is 3.08. The van der Waals surface area contributed by atoms with Gasteiger partial charge >= 0.3 is 6.61 Å². The zero-order chi connectivity index (χ0) is 18.0. The van der Waals surface area contributed by atoms with Crippen molar-refractivity contribution in [3.05, 3.63) is 53.6 Å². The van der Waals surface area contributed by atoms with Crippen LogP contribution in [0.3, 0.4) is 0 Å². The van der Waals surface area contributed by atoms with Gasteiger partial charge in [-0.1, -0.05) is 18.2 Å². The van der Waals surface area contributed by atoms with Crippen molar-refractivity contribution in [2.24, 2.45) is 0 Å². The van der Waals surface area contributed by atoms with Crippen molar-refractivity contribution in [2.75, 3.05) is 30.4 Å². The summed E-state index contributed by atoms with van der Waals surface area (Å²) in [7, 11) is 3.79. The second kappa shape index (κ2) is 7.09. The highest BCUT2D eigenvalue weighted by Gasteiger charge is 2.28. The third-order valence-corrected chi connectivity index (χ3v) is 4.25. The first kappa shape index (κ1) is 17.2. The van der Waals surface area contributed by atoms with Crippen molar-refractivity contribution >= 4 is 17.3 Å². The van der Waals surface area contributed by atoms with E-state index in [2.05, 4.69) is 4.74 Å². The molecule has 1 heterocycles. The number of benzene rings is 2. The molecule has 0 unspecified atom stereocenters. The summed E-state index contributed by atoms with van der Waals surface area (Å²) in [5, 5.41) is 0. The van der Waals surface area contributed by atoms with E-state index in [9.17, 15) is 13.6 Å². The number of halogens is 2. The molecule has 0 saturated carbocycles. The van der Waals surface area contributed by atoms with Crippen LogP contribution in [0.5, 0.6) is 5.75 Å². The van der Waals surface area contributed by atoms with Gasteiger partial charge in [-0.05, 0) is 42.7 Å². The Morgan fingerprint density at radius 1 is 1.20 bits per heavy atom. The molecule has 2 aromatic rings. The van der Waals surface area contributed by atoms with Gasteiger partial charge < -0.3 is 14.5 Å². The molecule has 0 fully saturated rings. The van der Waals surface area contributed by atoms with Gasteiger partial charge in [0.2, 0.25) is 0 Å². The summed E-state index contributed by atoms with van der Waals surface area (Å²) in [6, 6.07) is 12.3. The monoisotopic (exact) mass is 346 g/mol. The molecular formula is C19H20F2N2O2. The van der Waals surface area contributed by atoms with Gasteiger partial charge in [0.25, 0.3) is 5.91 Å². The third-order valence-electron chi connectivity index (χ3n) is 4.25. The first-order chi connectivity index (χ1) is 12.0. The molecule has 0 aromatic heterocycles. The number of anilines is 2. The lowest BCUT2D eigenvalue weighted by Gasteiger charge is -2.31. The molecule has 0 spiro atoms. The number of nitrogens with zero attached hydrogens (tertiary/aromatic N) is 2. The van der Waals surface area contributed by atoms with Crippen LogP contribution in [-0.4, -0.2) is 33.2 Å². The Kier molecular flexibility index (Phi) is 4.88. The van der Waals surface area contributed by atoms with Crippen LogP contribution in [0.25, 0.3) is 0 Å². The zero-order valence-corrected chi connectivity index (χ0v) is 14.2. The lowest BCUT2D eigenvalue weighted by atomic mass is 10.00. The fourth-order valence-electron chi connectivity index (χ4n) is 3.08. The van der Waals surface area contributed by atoms with Gasteiger partial charge in [0, 0.05) is 31.9 Å². The maximum absolute atomic E-state index is 13.0. The van der Waals surface area contributed by atoms with Crippen molar-refractivity contribution in [3.8, 4) is 5.75 Å². The molecule has 0 N–H and O–H groups in total. The predicted molar refractivity (Wildman–Crippen MR) is 93.8 cm³/mol. The summed E-state index contributed by atoms with van der Waals surface area (Å²) in [6.45, 7) is -2.45. The van der Waals surface area contributed by atoms with Crippen molar-refractivity contribution in [1.82, 2.24) is 0 Å². The zero-order valence-electron chi connectivity index (χ0n) is 14.2. The molecule has 0 saturated heterocycles. The predicted octanol–water partition coefficient (Wildman–Crippen LogP) is 3.95. The molecule has 1 aliphatic heterocycles. The van der Waals surface area contributed by atoms with Gasteiger partial charge in [0.15, 0.2) is 0 Å². The summed E-state index contributed by atoms with van der Waals surface area (Å²) < 4.78 is 30.2. The third kappa shape index (κ3) is 3.57. The van der Waals surface area contributed by atoms with Gasteiger partial charge in [0.1, 0.15) is 5.75 Å². The average Bonchev–Trinajstić information content (AvgIpc) is 2.60. The SMILES string of the molecule is CN(C)c1cccc(C(=O)N2CCCc3cccc(OC(F)F)c32)c1. The highest BCUT2D eigenvalue weighted by atomic mass is 19.3. The van der Waals surface area contributed by atoms with Crippen LogP contribution in [-0.2, 0) is 6.42 Å². The Labute approximate surface area is 145 Å². The molecule has 132 valence electrons. The van der Waals surface area contributed by atoms with Gasteiger partial charge in [-0.2, -0.15) is 8.78 Å². The normalized spacial score (nSPS) is 13.6. The molecule has 4 nitrogen and oxygen atoms in total. The number of carbonyl (C=O) groups excluding carboxylic acids is 1. The number of para-hydroxylation sites is 1. The Morgan fingerprint density at radius 3 is 2.68 bits per heavy atom. The van der Waals surface area contributed by atoms with Crippen LogP contribution in [0.2, 0.25) is 0 Å². The molecule has 1 amide bonds. The highest BCUT2D eigenvalue weighted by Crippen LogP contribution is 2.38. The fraction of sp³-hybridized carbons (Fsp3) is 0.316. The summed E-state index contributed by atoms with van der Waals surface area (Å²) in [6.07, 6.45) is 1.52. The van der Waals surface area contributed by atoms with E-state index in [-0.39, 0.29) is 11.7 Å². The summed E-state index contributed by atoms with van der Waals surface area (Å²) in [5.74, 6) is -0.167. The van der Waals surface area contributed by atoms with E-state index in [1.54, 1.807) is 23.1 Å². The maximum atomic E-state index is 13.0.